The summed E-state index contributed by atoms with van der Waals surface area (Å²) >= 11 is 0. The summed E-state index contributed by atoms with van der Waals surface area (Å²) in [5.74, 6) is 0.185. The van der Waals surface area contributed by atoms with Gasteiger partial charge in [-0.2, -0.15) is 0 Å². The fourth-order valence-corrected chi connectivity index (χ4v) is 6.89. The summed E-state index contributed by atoms with van der Waals surface area (Å²) in [7, 11) is 0. The molecule has 0 aliphatic carbocycles. The van der Waals surface area contributed by atoms with E-state index in [1.165, 1.54) is 12.6 Å². The van der Waals surface area contributed by atoms with Crippen molar-refractivity contribution < 1.29 is 14.0 Å². The van der Waals surface area contributed by atoms with Crippen molar-refractivity contribution in [3.63, 3.8) is 0 Å². The summed E-state index contributed by atoms with van der Waals surface area (Å²) in [6, 6.07) is 11.8. The first-order valence-corrected chi connectivity index (χ1v) is 16.8. The van der Waals surface area contributed by atoms with Crippen LogP contribution in [0.25, 0.3) is 5.70 Å². The quantitative estimate of drug-likeness (QED) is 0.329. The van der Waals surface area contributed by atoms with Crippen LogP contribution in [0.3, 0.4) is 0 Å². The molecular weight excluding hydrogens is 581 g/mol. The second-order valence-corrected chi connectivity index (χ2v) is 13.3. The summed E-state index contributed by atoms with van der Waals surface area (Å²) < 4.78 is 15.4. The van der Waals surface area contributed by atoms with Gasteiger partial charge in [-0.05, 0) is 61.5 Å². The minimum Gasteiger partial charge on any atom is -0.368 e. The number of benzene rings is 2. The van der Waals surface area contributed by atoms with E-state index < -0.39 is 5.91 Å². The molecular formula is C36H50FN7O2. The fourth-order valence-electron chi connectivity index (χ4n) is 6.89. The number of piperazine rings is 2. The van der Waals surface area contributed by atoms with Crippen molar-refractivity contribution in [3.05, 3.63) is 76.6 Å². The molecule has 4 N–H and O–H groups in total. The minimum absolute atomic E-state index is 0.178. The predicted molar refractivity (Wildman–Crippen MR) is 181 cm³/mol. The van der Waals surface area contributed by atoms with Crippen molar-refractivity contribution >= 4 is 23.2 Å². The van der Waals surface area contributed by atoms with Crippen LogP contribution in [0.15, 0.2) is 48.5 Å². The molecule has 3 fully saturated rings. The van der Waals surface area contributed by atoms with Crippen molar-refractivity contribution in [1.82, 2.24) is 24.9 Å². The third kappa shape index (κ3) is 8.80. The van der Waals surface area contributed by atoms with Gasteiger partial charge in [-0.25, -0.2) is 4.39 Å². The first-order chi connectivity index (χ1) is 22.2. The molecule has 0 unspecified atom stereocenters. The molecule has 2 amide bonds. The maximum absolute atomic E-state index is 15.4. The molecule has 46 heavy (non-hydrogen) atoms. The van der Waals surface area contributed by atoms with Gasteiger partial charge in [-0.15, -0.1) is 0 Å². The van der Waals surface area contributed by atoms with Crippen LogP contribution < -0.4 is 11.1 Å². The van der Waals surface area contributed by atoms with Gasteiger partial charge in [0.1, 0.15) is 5.82 Å². The number of nitrogens with two attached hydrogens (primary N) is 1. The Labute approximate surface area is 273 Å². The van der Waals surface area contributed by atoms with Crippen molar-refractivity contribution in [3.8, 4) is 0 Å². The molecule has 0 saturated carbocycles. The first kappa shape index (κ1) is 33.8. The summed E-state index contributed by atoms with van der Waals surface area (Å²) in [5, 5.41) is 12.1. The maximum Gasteiger partial charge on any atom is 0.249 e. The van der Waals surface area contributed by atoms with Gasteiger partial charge in [-0.1, -0.05) is 44.2 Å². The second-order valence-electron chi connectivity index (χ2n) is 13.3. The topological polar surface area (TPSA) is 109 Å². The molecule has 5 rings (SSSR count). The van der Waals surface area contributed by atoms with E-state index in [-0.39, 0.29) is 29.8 Å². The lowest BCUT2D eigenvalue weighted by molar-refractivity contribution is -0.134. The third-order valence-electron chi connectivity index (χ3n) is 9.46. The van der Waals surface area contributed by atoms with Crippen LogP contribution in [0.1, 0.15) is 53.7 Å². The number of rotatable bonds is 11. The molecule has 0 spiro atoms. The molecule has 2 aromatic carbocycles. The number of likely N-dealkylation sites (tertiary alicyclic amines) is 1. The van der Waals surface area contributed by atoms with Crippen LogP contribution in [0.2, 0.25) is 0 Å². The fraction of sp³-hybridized carbons (Fsp3) is 0.528. The molecule has 0 aromatic heterocycles. The monoisotopic (exact) mass is 631 g/mol. The SMILES string of the molecule is CC(C)/C=C(\c1cc(CC(=N)c2ccccc2C(N)=O)ccc1F)N1CCN(C(=O)CN2CCC(CN3CCNCC3)CC2)CC1. The highest BCUT2D eigenvalue weighted by molar-refractivity contribution is 6.09. The number of allylic oxidation sites excluding steroid dienone is 1. The molecule has 0 radical (unpaired) electrons. The van der Waals surface area contributed by atoms with Crippen molar-refractivity contribution in [2.24, 2.45) is 17.6 Å². The zero-order valence-corrected chi connectivity index (χ0v) is 27.4. The number of hydrogen-bond acceptors (Lipinski definition) is 7. The molecule has 10 heteroatoms. The predicted octanol–water partition coefficient (Wildman–Crippen LogP) is 3.29. The van der Waals surface area contributed by atoms with E-state index in [0.29, 0.717) is 49.4 Å². The summed E-state index contributed by atoms with van der Waals surface area (Å²) in [5.41, 5.74) is 8.66. The van der Waals surface area contributed by atoms with E-state index in [2.05, 4.69) is 39.9 Å². The van der Waals surface area contributed by atoms with Gasteiger partial charge < -0.3 is 31.2 Å². The van der Waals surface area contributed by atoms with E-state index >= 15 is 4.39 Å². The highest BCUT2D eigenvalue weighted by Crippen LogP contribution is 2.28. The number of carbonyl (C=O) groups excluding carboxylic acids is 2. The van der Waals surface area contributed by atoms with E-state index in [1.54, 1.807) is 30.3 Å². The lowest BCUT2D eigenvalue weighted by atomic mass is 9.95. The number of primary amides is 1. The Hall–Kier alpha value is -3.60. The molecule has 2 aromatic rings. The number of carbonyl (C=O) groups is 2. The van der Waals surface area contributed by atoms with E-state index in [9.17, 15) is 9.59 Å². The van der Waals surface area contributed by atoms with Crippen LogP contribution in [0.5, 0.6) is 0 Å². The van der Waals surface area contributed by atoms with Gasteiger partial charge in [-0.3, -0.25) is 14.5 Å². The minimum atomic E-state index is -0.578. The van der Waals surface area contributed by atoms with Crippen molar-refractivity contribution in [2.45, 2.75) is 33.1 Å². The number of nitrogens with zero attached hydrogens (tertiary/aromatic N) is 4. The molecule has 3 saturated heterocycles. The maximum atomic E-state index is 15.4. The Kier molecular flexibility index (Phi) is 11.6. The number of hydrogen-bond donors (Lipinski definition) is 3. The zero-order valence-electron chi connectivity index (χ0n) is 27.4. The van der Waals surface area contributed by atoms with Gasteiger partial charge in [0.25, 0.3) is 0 Å². The molecule has 248 valence electrons. The summed E-state index contributed by atoms with van der Waals surface area (Å²) in [4.78, 5) is 34.2. The van der Waals surface area contributed by atoms with Gasteiger partial charge in [0.05, 0.1) is 6.54 Å². The highest BCUT2D eigenvalue weighted by atomic mass is 19.1. The van der Waals surface area contributed by atoms with Crippen molar-refractivity contribution in [1.29, 1.82) is 5.41 Å². The highest BCUT2D eigenvalue weighted by Gasteiger charge is 2.28. The smallest absolute Gasteiger partial charge is 0.249 e. The summed E-state index contributed by atoms with van der Waals surface area (Å²) in [6.45, 7) is 14.6. The molecule has 0 bridgehead atoms. The number of halogens is 1. The van der Waals surface area contributed by atoms with Crippen molar-refractivity contribution in [2.75, 3.05) is 78.5 Å². The van der Waals surface area contributed by atoms with E-state index in [1.807, 2.05) is 11.0 Å². The van der Waals surface area contributed by atoms with Gasteiger partial charge in [0.15, 0.2) is 0 Å². The Bertz CT molecular complexity index is 1400. The second kappa shape index (κ2) is 15.8. The van der Waals surface area contributed by atoms with E-state index in [4.69, 9.17) is 11.1 Å². The Morgan fingerprint density at radius 2 is 1.57 bits per heavy atom. The third-order valence-corrected chi connectivity index (χ3v) is 9.46. The van der Waals surface area contributed by atoms with Gasteiger partial charge in [0.2, 0.25) is 11.8 Å². The number of nitrogens with one attached hydrogen (secondary N) is 2. The van der Waals surface area contributed by atoms with Crippen LogP contribution in [-0.4, -0.2) is 116 Å². The number of amides is 2. The standard InChI is InChI=1S/C36H50FN7O2/c1-26(2)21-34(31-22-28(7-8-32(31)37)23-33(38)29-5-3-4-6-30(29)36(39)46)43-17-19-44(20-18-43)35(45)25-41-13-9-27(10-14-41)24-42-15-11-40-12-16-42/h3-8,21-22,26-27,38,40H,9-20,23-25H2,1-2H3,(H2,39,46)/b34-21+,38-33?. The lowest BCUT2D eigenvalue weighted by Crippen LogP contribution is -2.52. The van der Waals surface area contributed by atoms with Crippen LogP contribution in [-0.2, 0) is 11.2 Å². The van der Waals surface area contributed by atoms with Crippen LogP contribution in [0.4, 0.5) is 4.39 Å². The Morgan fingerprint density at radius 1 is 0.913 bits per heavy atom. The average Bonchev–Trinajstić information content (AvgIpc) is 3.06. The zero-order chi connectivity index (χ0) is 32.6. The molecule has 3 aliphatic heterocycles. The van der Waals surface area contributed by atoms with Gasteiger partial charge in [0, 0.05) is 93.4 Å². The average molecular weight is 632 g/mol. The molecule has 0 atom stereocenters. The van der Waals surface area contributed by atoms with E-state index in [0.717, 1.165) is 69.3 Å². The lowest BCUT2D eigenvalue weighted by Gasteiger charge is -2.39. The molecule has 3 heterocycles. The number of piperidine rings is 1. The Morgan fingerprint density at radius 3 is 2.22 bits per heavy atom. The summed E-state index contributed by atoms with van der Waals surface area (Å²) in [6.07, 6.45) is 4.62. The molecule has 3 aliphatic rings. The largest absolute Gasteiger partial charge is 0.368 e. The van der Waals surface area contributed by atoms with Crippen LogP contribution >= 0.6 is 0 Å². The molecule has 9 nitrogen and oxygen atoms in total. The normalized spacial score (nSPS) is 19.1. The Balaban J connectivity index is 1.18. The van der Waals surface area contributed by atoms with Gasteiger partial charge >= 0.3 is 0 Å². The van der Waals surface area contributed by atoms with Crippen LogP contribution in [0, 0.1) is 23.1 Å². The first-order valence-electron chi connectivity index (χ1n) is 16.8.